The number of halogens is 2. The fourth-order valence-corrected chi connectivity index (χ4v) is 0.950. The quantitative estimate of drug-likeness (QED) is 0.427. The molecule has 0 amide bonds. The van der Waals surface area contributed by atoms with Crippen LogP contribution in [0.25, 0.3) is 5.32 Å². The van der Waals surface area contributed by atoms with E-state index in [4.69, 9.17) is 0 Å². The van der Waals surface area contributed by atoms with Crippen molar-refractivity contribution in [1.82, 2.24) is 0 Å². The Balaban J connectivity index is -0.0000000224. The van der Waals surface area contributed by atoms with Crippen molar-refractivity contribution in [2.24, 2.45) is 0 Å². The van der Waals surface area contributed by atoms with Crippen LogP contribution in [0.4, 0.5) is 0 Å². The number of hydrogen-bond acceptors (Lipinski definition) is 0. The van der Waals surface area contributed by atoms with Crippen molar-refractivity contribution in [2.45, 2.75) is 45.8 Å². The van der Waals surface area contributed by atoms with Crippen molar-refractivity contribution < 1.29 is 46.5 Å². The summed E-state index contributed by atoms with van der Waals surface area (Å²) >= 11 is 0. The summed E-state index contributed by atoms with van der Waals surface area (Å²) in [7, 11) is 0.750. The average molecular weight is 374 g/mol. The van der Waals surface area contributed by atoms with Crippen molar-refractivity contribution in [1.29, 1.82) is 0 Å². The molecule has 0 bridgehead atoms. The second-order valence-corrected chi connectivity index (χ2v) is 5.30. The molecule has 5 heteroatoms. The minimum absolute atomic E-state index is 0. The number of rotatable bonds is 1. The summed E-state index contributed by atoms with van der Waals surface area (Å²) in [6, 6.07) is 0. The van der Waals surface area contributed by atoms with E-state index in [1.54, 1.807) is 0 Å². The minimum Gasteiger partial charge on any atom is -1.00 e. The molecule has 1 radical (unpaired) electrons. The van der Waals surface area contributed by atoms with Crippen LogP contribution in [0.1, 0.15) is 27.2 Å². The fraction of sp³-hybridized carbons (Fsp3) is 0.467. The van der Waals surface area contributed by atoms with Gasteiger partial charge < -0.3 is 59.8 Å². The summed E-state index contributed by atoms with van der Waals surface area (Å²) in [6.07, 6.45) is 7.28. The van der Waals surface area contributed by atoms with Gasteiger partial charge in [-0.25, -0.2) is 0 Å². The molecule has 0 unspecified atom stereocenters. The molecule has 0 saturated carbocycles. The van der Waals surface area contributed by atoms with Gasteiger partial charge in [0, 0.05) is 9.52 Å². The Morgan fingerprint density at radius 2 is 1.35 bits per heavy atom. The Kier molecular flexibility index (Phi) is 69.7. The van der Waals surface area contributed by atoms with Gasteiger partial charge in [-0.15, -0.1) is 5.54 Å². The molecule has 1 aliphatic carbocycles. The molecule has 0 atom stereocenters. The van der Waals surface area contributed by atoms with Crippen LogP contribution in [0, 0.1) is 29.7 Å². The van der Waals surface area contributed by atoms with Gasteiger partial charge in [-0.3, -0.25) is 0 Å². The number of nitrogens with zero attached hydrogens (tertiary/aromatic N) is 1. The van der Waals surface area contributed by atoms with E-state index < -0.39 is 0 Å². The van der Waals surface area contributed by atoms with Crippen LogP contribution >= 0.6 is 0 Å². The topological polar surface area (TPSA) is 14.1 Å². The van der Waals surface area contributed by atoms with Crippen LogP contribution < -0.4 is 24.8 Å². The van der Waals surface area contributed by atoms with Gasteiger partial charge in [0.05, 0.1) is 0 Å². The van der Waals surface area contributed by atoms with Crippen LogP contribution in [0.3, 0.4) is 0 Å². The fourth-order valence-electron chi connectivity index (χ4n) is 0.950. The van der Waals surface area contributed by atoms with Crippen molar-refractivity contribution in [3.8, 4) is 0 Å². The largest absolute Gasteiger partial charge is 2.00 e. The maximum atomic E-state index is 4.51. The van der Waals surface area contributed by atoms with Gasteiger partial charge in [0.15, 0.2) is 0 Å². The zero-order valence-corrected chi connectivity index (χ0v) is 18.9. The second-order valence-electron chi connectivity index (χ2n) is 4.15. The SMILES string of the molecule is CC(C)(C)[N-]C1=CC=CC1.C[SiH]C.[CH3-].[CH3-].[CH3-].[CH3-].[Cl-].[Cl-].[Ti+2]. The summed E-state index contributed by atoms with van der Waals surface area (Å²) in [6.45, 7) is 10.8. The van der Waals surface area contributed by atoms with Crippen LogP contribution in [-0.4, -0.2) is 15.1 Å². The normalized spacial score (nSPS) is 9.55. The van der Waals surface area contributed by atoms with Crippen molar-refractivity contribution >= 4 is 9.52 Å². The van der Waals surface area contributed by atoms with Crippen molar-refractivity contribution in [3.63, 3.8) is 0 Å². The van der Waals surface area contributed by atoms with Crippen LogP contribution in [0.15, 0.2) is 23.9 Å². The van der Waals surface area contributed by atoms with Gasteiger partial charge >= 0.3 is 21.7 Å². The number of hydrogen-bond donors (Lipinski definition) is 0. The molecule has 1 aliphatic rings. The molecule has 1 rings (SSSR count). The molecule has 125 valence electrons. The molecule has 0 aromatic heterocycles. The Bertz CT molecular complexity index is 203. The third-order valence-corrected chi connectivity index (χ3v) is 1.23. The van der Waals surface area contributed by atoms with Gasteiger partial charge in [-0.1, -0.05) is 52.1 Å². The van der Waals surface area contributed by atoms with E-state index in [-0.39, 0.29) is 81.8 Å². The first-order valence-corrected chi connectivity index (χ1v) is 7.13. The molecule has 0 aromatic rings. The standard InChI is InChI=1S/C9H14N.C2H7Si.4CH3.2ClH.Ti/c1-9(2,3)10-8-6-4-5-7-8;1-3-2;;;;;;;/h4-6H,7H2,1-3H3;3H,1-2H3;4*1H3;2*1H;/q-1;;4*-1;;;+2/p-2. The molecule has 0 fully saturated rings. The minimum atomic E-state index is 0. The van der Waals surface area contributed by atoms with Gasteiger partial charge in [-0.05, 0) is 6.42 Å². The first-order valence-electron chi connectivity index (χ1n) is 4.82. The van der Waals surface area contributed by atoms with Crippen LogP contribution in [0.2, 0.25) is 13.1 Å². The Hall–Kier alpha value is 0.791. The molecular formula is C15H33Cl2NSiTi-5. The molecule has 0 heterocycles. The first kappa shape index (κ1) is 49.8. The predicted molar refractivity (Wildman–Crippen MR) is 89.5 cm³/mol. The van der Waals surface area contributed by atoms with E-state index in [0.29, 0.717) is 0 Å². The van der Waals surface area contributed by atoms with E-state index in [1.165, 1.54) is 5.70 Å². The van der Waals surface area contributed by atoms with Crippen molar-refractivity contribution in [3.05, 3.63) is 58.9 Å². The maximum Gasteiger partial charge on any atom is 2.00 e. The first-order chi connectivity index (χ1) is 5.99. The van der Waals surface area contributed by atoms with Gasteiger partial charge in [0.1, 0.15) is 0 Å². The van der Waals surface area contributed by atoms with E-state index in [1.807, 2.05) is 0 Å². The maximum absolute atomic E-state index is 4.51. The Morgan fingerprint density at radius 1 is 1.00 bits per heavy atom. The molecule has 0 aromatic carbocycles. The zero-order valence-electron chi connectivity index (χ0n) is 14.7. The molecule has 0 saturated heterocycles. The summed E-state index contributed by atoms with van der Waals surface area (Å²) in [4.78, 5) is 0. The molecule has 0 spiro atoms. The van der Waals surface area contributed by atoms with Gasteiger partial charge in [-0.2, -0.15) is 5.70 Å². The molecular weight excluding hydrogens is 341 g/mol. The second kappa shape index (κ2) is 28.0. The monoisotopic (exact) mass is 373 g/mol. The summed E-state index contributed by atoms with van der Waals surface area (Å²) in [5, 5.41) is 4.51. The molecule has 20 heavy (non-hydrogen) atoms. The van der Waals surface area contributed by atoms with E-state index in [2.05, 4.69) is 57.4 Å². The Labute approximate surface area is 160 Å². The van der Waals surface area contributed by atoms with E-state index in [0.717, 1.165) is 15.9 Å². The summed E-state index contributed by atoms with van der Waals surface area (Å²) in [5.41, 5.74) is 1.28. The van der Waals surface area contributed by atoms with E-state index in [9.17, 15) is 0 Å². The zero-order chi connectivity index (χ0) is 10.3. The smallest absolute Gasteiger partial charge is 1.00 e. The third-order valence-electron chi connectivity index (χ3n) is 1.23. The van der Waals surface area contributed by atoms with E-state index >= 15 is 0 Å². The third kappa shape index (κ3) is 36.4. The van der Waals surface area contributed by atoms with Crippen LogP contribution in [0.5, 0.6) is 0 Å². The molecule has 0 aliphatic heterocycles. The average Bonchev–Trinajstić information content (AvgIpc) is 2.37. The van der Waals surface area contributed by atoms with Crippen molar-refractivity contribution in [2.75, 3.05) is 0 Å². The molecule has 0 N–H and O–H groups in total. The number of allylic oxidation sites excluding steroid dienone is 3. The van der Waals surface area contributed by atoms with Crippen LogP contribution in [-0.2, 0) is 21.7 Å². The summed E-state index contributed by atoms with van der Waals surface area (Å²) < 4.78 is 0. The Morgan fingerprint density at radius 3 is 1.55 bits per heavy atom. The summed E-state index contributed by atoms with van der Waals surface area (Å²) in [5.74, 6) is 0. The van der Waals surface area contributed by atoms with Gasteiger partial charge in [0.25, 0.3) is 0 Å². The predicted octanol–water partition coefficient (Wildman–Crippen LogP) is -0.672. The molecule has 1 nitrogen and oxygen atoms in total. The van der Waals surface area contributed by atoms with Gasteiger partial charge in [0.2, 0.25) is 0 Å².